The van der Waals surface area contributed by atoms with E-state index >= 15 is 4.39 Å². The highest BCUT2D eigenvalue weighted by atomic mass is 19.1. The number of hydrogen-bond acceptors (Lipinski definition) is 6. The van der Waals surface area contributed by atoms with Crippen LogP contribution in [0.3, 0.4) is 0 Å². The van der Waals surface area contributed by atoms with Crippen molar-refractivity contribution in [1.29, 1.82) is 5.26 Å². The molecule has 1 N–H and O–H groups in total. The summed E-state index contributed by atoms with van der Waals surface area (Å²) in [6.45, 7) is 9.23. The minimum atomic E-state index is -0.935. The minimum absolute atomic E-state index is 0.00149. The Morgan fingerprint density at radius 1 is 1.19 bits per heavy atom. The molecular formula is C34H40FN5O3. The largest absolute Gasteiger partial charge is 0.388 e. The van der Waals surface area contributed by atoms with Gasteiger partial charge in [0, 0.05) is 18.0 Å². The van der Waals surface area contributed by atoms with Crippen LogP contribution in [0.5, 0.6) is 0 Å². The van der Waals surface area contributed by atoms with Crippen LogP contribution >= 0.6 is 0 Å². The Balaban J connectivity index is 1.51. The first-order valence-electron chi connectivity index (χ1n) is 15.2. The van der Waals surface area contributed by atoms with Gasteiger partial charge < -0.3 is 9.84 Å². The average Bonchev–Trinajstić information content (AvgIpc) is 3.36. The molecule has 0 amide bonds. The lowest BCUT2D eigenvalue weighted by atomic mass is 9.91. The molecule has 1 fully saturated rings. The van der Waals surface area contributed by atoms with Gasteiger partial charge in [-0.1, -0.05) is 43.7 Å². The number of nitrogens with zero attached hydrogens (tertiary/aromatic N) is 5. The van der Waals surface area contributed by atoms with Gasteiger partial charge >= 0.3 is 0 Å². The SMILES string of the molecule is CCCc1c(Cc2ccc(-c3ccccc3C#N)cc2F)c(=O)n(C2CCC(OC(C)C(C)(C)O)CC2)c2nc(C)nn12. The molecule has 1 saturated carbocycles. The Kier molecular flexibility index (Phi) is 8.81. The van der Waals surface area contributed by atoms with Crippen LogP contribution in [0.15, 0.2) is 47.3 Å². The van der Waals surface area contributed by atoms with Crippen LogP contribution < -0.4 is 5.56 Å². The maximum Gasteiger partial charge on any atom is 0.259 e. The maximum atomic E-state index is 15.7. The second-order valence-corrected chi connectivity index (χ2v) is 12.2. The van der Waals surface area contributed by atoms with Gasteiger partial charge in [-0.05, 0) is 88.6 Å². The molecule has 4 aromatic rings. The molecule has 1 aliphatic rings. The van der Waals surface area contributed by atoms with E-state index in [0.717, 1.165) is 37.8 Å². The van der Waals surface area contributed by atoms with Gasteiger partial charge in [0.2, 0.25) is 5.78 Å². The molecule has 9 heteroatoms. The third-order valence-electron chi connectivity index (χ3n) is 8.66. The Bertz CT molecular complexity index is 1720. The lowest BCUT2D eigenvalue weighted by molar-refractivity contribution is -0.118. The van der Waals surface area contributed by atoms with Gasteiger partial charge in [-0.25, -0.2) is 8.91 Å². The highest BCUT2D eigenvalue weighted by molar-refractivity contribution is 5.70. The predicted molar refractivity (Wildman–Crippen MR) is 163 cm³/mol. The molecule has 0 saturated heterocycles. The van der Waals surface area contributed by atoms with Gasteiger partial charge in [0.25, 0.3) is 5.56 Å². The van der Waals surface area contributed by atoms with Crippen LogP contribution in [0.25, 0.3) is 16.9 Å². The van der Waals surface area contributed by atoms with Gasteiger partial charge in [-0.2, -0.15) is 15.3 Å². The lowest BCUT2D eigenvalue weighted by Crippen LogP contribution is -2.40. The van der Waals surface area contributed by atoms with Crippen molar-refractivity contribution in [2.45, 2.75) is 103 Å². The van der Waals surface area contributed by atoms with Crippen molar-refractivity contribution in [1.82, 2.24) is 19.2 Å². The van der Waals surface area contributed by atoms with Crippen LogP contribution in [0, 0.1) is 24.1 Å². The zero-order valence-electron chi connectivity index (χ0n) is 25.6. The zero-order valence-corrected chi connectivity index (χ0v) is 25.6. The summed E-state index contributed by atoms with van der Waals surface area (Å²) >= 11 is 0. The van der Waals surface area contributed by atoms with Crippen molar-refractivity contribution in [2.75, 3.05) is 0 Å². The van der Waals surface area contributed by atoms with E-state index in [1.165, 1.54) is 6.07 Å². The molecule has 0 aliphatic heterocycles. The predicted octanol–water partition coefficient (Wildman–Crippen LogP) is 6.08. The summed E-state index contributed by atoms with van der Waals surface area (Å²) in [5.41, 5.74) is 2.36. The summed E-state index contributed by atoms with van der Waals surface area (Å²) < 4.78 is 25.4. The highest BCUT2D eigenvalue weighted by Crippen LogP contribution is 2.33. The number of aliphatic hydroxyl groups is 1. The van der Waals surface area contributed by atoms with Crippen LogP contribution in [-0.4, -0.2) is 42.1 Å². The monoisotopic (exact) mass is 585 g/mol. The Morgan fingerprint density at radius 2 is 1.91 bits per heavy atom. The van der Waals surface area contributed by atoms with Crippen molar-refractivity contribution in [2.24, 2.45) is 0 Å². The number of hydrogen-bond donors (Lipinski definition) is 1. The highest BCUT2D eigenvalue weighted by Gasteiger charge is 2.32. The molecule has 2 aromatic heterocycles. The van der Waals surface area contributed by atoms with Crippen LogP contribution in [-0.2, 0) is 17.6 Å². The maximum absolute atomic E-state index is 15.7. The Hall–Kier alpha value is -3.87. The number of aromatic nitrogens is 4. The molecular weight excluding hydrogens is 545 g/mol. The second kappa shape index (κ2) is 12.4. The Morgan fingerprint density at radius 3 is 2.56 bits per heavy atom. The third-order valence-corrected chi connectivity index (χ3v) is 8.66. The summed E-state index contributed by atoms with van der Waals surface area (Å²) in [7, 11) is 0. The Labute approximate surface area is 251 Å². The average molecular weight is 586 g/mol. The van der Waals surface area contributed by atoms with E-state index < -0.39 is 11.4 Å². The second-order valence-electron chi connectivity index (χ2n) is 12.2. The van der Waals surface area contributed by atoms with Crippen molar-refractivity contribution in [3.63, 3.8) is 0 Å². The molecule has 0 spiro atoms. The molecule has 5 rings (SSSR count). The van der Waals surface area contributed by atoms with Crippen LogP contribution in [0.4, 0.5) is 4.39 Å². The van der Waals surface area contributed by atoms with E-state index in [-0.39, 0.29) is 30.2 Å². The van der Waals surface area contributed by atoms with Gasteiger partial charge in [0.05, 0.1) is 35.1 Å². The fourth-order valence-corrected chi connectivity index (χ4v) is 6.00. The fourth-order valence-electron chi connectivity index (χ4n) is 6.00. The van der Waals surface area contributed by atoms with Crippen molar-refractivity contribution >= 4 is 5.78 Å². The smallest absolute Gasteiger partial charge is 0.259 e. The van der Waals surface area contributed by atoms with Gasteiger partial charge in [0.15, 0.2) is 0 Å². The lowest BCUT2D eigenvalue weighted by Gasteiger charge is -2.35. The molecule has 1 unspecified atom stereocenters. The molecule has 2 aromatic carbocycles. The summed E-state index contributed by atoms with van der Waals surface area (Å²) in [4.78, 5) is 19.0. The molecule has 2 heterocycles. The molecule has 0 radical (unpaired) electrons. The number of nitriles is 1. The first kappa shape index (κ1) is 30.6. The quantitative estimate of drug-likeness (QED) is 0.255. The number of fused-ring (bicyclic) bond motifs is 1. The van der Waals surface area contributed by atoms with Crippen molar-refractivity contribution in [3.05, 3.63) is 86.8 Å². The molecule has 43 heavy (non-hydrogen) atoms. The van der Waals surface area contributed by atoms with Gasteiger partial charge in [-0.3, -0.25) is 9.36 Å². The number of aryl methyl sites for hydroxylation is 2. The summed E-state index contributed by atoms with van der Waals surface area (Å²) in [6, 6.07) is 14.2. The first-order valence-corrected chi connectivity index (χ1v) is 15.2. The fraction of sp³-hybridized carbons (Fsp3) is 0.471. The molecule has 8 nitrogen and oxygen atoms in total. The van der Waals surface area contributed by atoms with Crippen LogP contribution in [0.1, 0.15) is 94.0 Å². The van der Waals surface area contributed by atoms with Crippen LogP contribution in [0.2, 0.25) is 0 Å². The van der Waals surface area contributed by atoms with Gasteiger partial charge in [0.1, 0.15) is 11.6 Å². The first-order chi connectivity index (χ1) is 20.5. The van der Waals surface area contributed by atoms with E-state index in [9.17, 15) is 15.2 Å². The number of rotatable bonds is 9. The van der Waals surface area contributed by atoms with E-state index in [1.807, 2.05) is 26.8 Å². The van der Waals surface area contributed by atoms with E-state index in [1.54, 1.807) is 53.3 Å². The van der Waals surface area contributed by atoms with Crippen molar-refractivity contribution in [3.8, 4) is 17.2 Å². The zero-order chi connectivity index (χ0) is 30.9. The van der Waals surface area contributed by atoms with E-state index in [4.69, 9.17) is 4.74 Å². The number of halogens is 1. The summed E-state index contributed by atoms with van der Waals surface area (Å²) in [6.07, 6.45) is 4.16. The summed E-state index contributed by atoms with van der Waals surface area (Å²) in [5, 5.41) is 24.5. The number of ether oxygens (including phenoxy) is 1. The topological polar surface area (TPSA) is 105 Å². The van der Waals surface area contributed by atoms with E-state index in [0.29, 0.717) is 45.8 Å². The van der Waals surface area contributed by atoms with Gasteiger partial charge in [-0.15, -0.1) is 0 Å². The minimum Gasteiger partial charge on any atom is -0.388 e. The molecule has 1 aliphatic carbocycles. The molecule has 1 atom stereocenters. The van der Waals surface area contributed by atoms with Crippen molar-refractivity contribution < 1.29 is 14.2 Å². The molecule has 226 valence electrons. The number of benzene rings is 2. The summed E-state index contributed by atoms with van der Waals surface area (Å²) in [5.74, 6) is 0.672. The standard InChI is InChI=1S/C34H40FN5O3/c1-6-9-31-29(18-24-13-12-23(19-30(24)35)28-11-8-7-10-25(28)20-36)32(41)39(33-37-22(3)38-40(31)33)26-14-16-27(17-15-26)43-21(2)34(4,5)42/h7-8,10-13,19,21,26-27,42H,6,9,14-18H2,1-5H3. The molecule has 0 bridgehead atoms. The third kappa shape index (κ3) is 6.27. The van der Waals surface area contributed by atoms with E-state index in [2.05, 4.69) is 16.2 Å². The normalized spacial score (nSPS) is 18.1.